The molecular formula is C13H10Cl2FN. The monoisotopic (exact) mass is 269 g/mol. The summed E-state index contributed by atoms with van der Waals surface area (Å²) in [6.45, 7) is 0. The summed E-state index contributed by atoms with van der Waals surface area (Å²) >= 11 is 11.5. The summed E-state index contributed by atoms with van der Waals surface area (Å²) in [5, 5.41) is 0.694. The van der Waals surface area contributed by atoms with Crippen LogP contribution in [0.2, 0.25) is 10.0 Å². The zero-order valence-corrected chi connectivity index (χ0v) is 10.3. The Bertz CT molecular complexity index is 525. The first kappa shape index (κ1) is 12.4. The van der Waals surface area contributed by atoms with Gasteiger partial charge in [0.05, 0.1) is 11.1 Å². The highest BCUT2D eigenvalue weighted by Gasteiger charge is 2.15. The fraction of sp³-hybridized carbons (Fsp3) is 0.0769. The van der Waals surface area contributed by atoms with Gasteiger partial charge in [0.2, 0.25) is 0 Å². The van der Waals surface area contributed by atoms with Crippen molar-refractivity contribution in [2.75, 3.05) is 0 Å². The van der Waals surface area contributed by atoms with Crippen LogP contribution in [-0.4, -0.2) is 0 Å². The molecule has 88 valence electrons. The maximum atomic E-state index is 13.8. The van der Waals surface area contributed by atoms with E-state index in [2.05, 4.69) is 0 Å². The molecular weight excluding hydrogens is 260 g/mol. The predicted molar refractivity (Wildman–Crippen MR) is 68.9 cm³/mol. The van der Waals surface area contributed by atoms with Gasteiger partial charge in [0.25, 0.3) is 0 Å². The van der Waals surface area contributed by atoms with Crippen molar-refractivity contribution in [2.45, 2.75) is 6.04 Å². The zero-order chi connectivity index (χ0) is 12.4. The van der Waals surface area contributed by atoms with E-state index >= 15 is 0 Å². The van der Waals surface area contributed by atoms with Gasteiger partial charge in [0.15, 0.2) is 0 Å². The number of rotatable bonds is 2. The molecule has 0 fully saturated rings. The third kappa shape index (κ3) is 2.60. The Morgan fingerprint density at radius 3 is 2.29 bits per heavy atom. The second-order valence-electron chi connectivity index (χ2n) is 3.67. The summed E-state index contributed by atoms with van der Waals surface area (Å²) in [7, 11) is 0. The summed E-state index contributed by atoms with van der Waals surface area (Å²) in [5.74, 6) is -0.475. The van der Waals surface area contributed by atoms with Gasteiger partial charge in [-0.15, -0.1) is 0 Å². The Morgan fingerprint density at radius 1 is 1.00 bits per heavy atom. The van der Waals surface area contributed by atoms with E-state index in [0.717, 1.165) is 5.56 Å². The van der Waals surface area contributed by atoms with Crippen LogP contribution < -0.4 is 5.73 Å². The molecule has 0 bridgehead atoms. The summed E-state index contributed by atoms with van der Waals surface area (Å²) in [6, 6.07) is 11.2. The average molecular weight is 270 g/mol. The quantitative estimate of drug-likeness (QED) is 0.870. The lowest BCUT2D eigenvalue weighted by Gasteiger charge is -2.14. The third-order valence-electron chi connectivity index (χ3n) is 2.55. The van der Waals surface area contributed by atoms with Crippen molar-refractivity contribution in [2.24, 2.45) is 5.73 Å². The summed E-state index contributed by atoms with van der Waals surface area (Å²) < 4.78 is 13.8. The van der Waals surface area contributed by atoms with E-state index in [-0.39, 0.29) is 5.02 Å². The molecule has 0 saturated carbocycles. The first-order chi connectivity index (χ1) is 8.09. The Labute approximate surface area is 109 Å². The first-order valence-electron chi connectivity index (χ1n) is 5.04. The molecule has 0 aliphatic carbocycles. The molecule has 0 radical (unpaired) electrons. The highest BCUT2D eigenvalue weighted by Crippen LogP contribution is 2.26. The standard InChI is InChI=1S/C13H10Cl2FN/c14-9-6-4-8(5-7-9)13(17)10-2-1-3-11(15)12(10)16/h1-7,13H,17H2. The molecule has 0 spiro atoms. The van der Waals surface area contributed by atoms with Gasteiger partial charge in [-0.05, 0) is 23.8 Å². The fourth-order valence-corrected chi connectivity index (χ4v) is 1.92. The first-order valence-corrected chi connectivity index (χ1v) is 5.80. The minimum atomic E-state index is -0.550. The summed E-state index contributed by atoms with van der Waals surface area (Å²) in [6.07, 6.45) is 0. The van der Waals surface area contributed by atoms with Gasteiger partial charge in [-0.2, -0.15) is 0 Å². The minimum absolute atomic E-state index is 0.0758. The third-order valence-corrected chi connectivity index (χ3v) is 3.09. The van der Waals surface area contributed by atoms with E-state index in [9.17, 15) is 4.39 Å². The van der Waals surface area contributed by atoms with Crippen LogP contribution in [0, 0.1) is 5.82 Å². The molecule has 0 heterocycles. The van der Waals surface area contributed by atoms with E-state index in [1.165, 1.54) is 6.07 Å². The normalized spacial score (nSPS) is 12.5. The van der Waals surface area contributed by atoms with Crippen LogP contribution >= 0.6 is 23.2 Å². The molecule has 0 aliphatic rings. The second-order valence-corrected chi connectivity index (χ2v) is 4.52. The minimum Gasteiger partial charge on any atom is -0.320 e. The lowest BCUT2D eigenvalue weighted by atomic mass is 9.99. The van der Waals surface area contributed by atoms with Crippen LogP contribution in [0.15, 0.2) is 42.5 Å². The van der Waals surface area contributed by atoms with Gasteiger partial charge in [-0.3, -0.25) is 0 Å². The van der Waals surface area contributed by atoms with E-state index in [4.69, 9.17) is 28.9 Å². The molecule has 2 rings (SSSR count). The molecule has 0 saturated heterocycles. The molecule has 1 unspecified atom stereocenters. The number of hydrogen-bond acceptors (Lipinski definition) is 1. The molecule has 0 aliphatic heterocycles. The van der Waals surface area contributed by atoms with Gasteiger partial charge in [0.1, 0.15) is 5.82 Å². The predicted octanol–water partition coefficient (Wildman–Crippen LogP) is 4.18. The molecule has 0 aromatic heterocycles. The molecule has 17 heavy (non-hydrogen) atoms. The van der Waals surface area contributed by atoms with Gasteiger partial charge >= 0.3 is 0 Å². The number of halogens is 3. The summed E-state index contributed by atoms with van der Waals surface area (Å²) in [5.41, 5.74) is 7.16. The van der Waals surface area contributed by atoms with Crippen molar-refractivity contribution in [3.05, 3.63) is 69.5 Å². The maximum Gasteiger partial charge on any atom is 0.146 e. The highest BCUT2D eigenvalue weighted by atomic mass is 35.5. The molecule has 1 atom stereocenters. The van der Waals surface area contributed by atoms with Crippen LogP contribution in [0.25, 0.3) is 0 Å². The average Bonchev–Trinajstić information content (AvgIpc) is 2.33. The fourth-order valence-electron chi connectivity index (χ4n) is 1.61. The topological polar surface area (TPSA) is 26.0 Å². The van der Waals surface area contributed by atoms with Crippen LogP contribution in [-0.2, 0) is 0 Å². The highest BCUT2D eigenvalue weighted by molar-refractivity contribution is 6.31. The smallest absolute Gasteiger partial charge is 0.146 e. The van der Waals surface area contributed by atoms with E-state index < -0.39 is 11.9 Å². The van der Waals surface area contributed by atoms with Crippen LogP contribution in [0.3, 0.4) is 0 Å². The van der Waals surface area contributed by atoms with Gasteiger partial charge in [-0.1, -0.05) is 47.5 Å². The summed E-state index contributed by atoms with van der Waals surface area (Å²) in [4.78, 5) is 0. The van der Waals surface area contributed by atoms with Crippen LogP contribution in [0.4, 0.5) is 4.39 Å². The van der Waals surface area contributed by atoms with Crippen molar-refractivity contribution in [1.82, 2.24) is 0 Å². The van der Waals surface area contributed by atoms with Crippen LogP contribution in [0.1, 0.15) is 17.2 Å². The van der Waals surface area contributed by atoms with Gasteiger partial charge < -0.3 is 5.73 Å². The number of hydrogen-bond donors (Lipinski definition) is 1. The zero-order valence-electron chi connectivity index (χ0n) is 8.83. The van der Waals surface area contributed by atoms with Crippen molar-refractivity contribution in [1.29, 1.82) is 0 Å². The Balaban J connectivity index is 2.40. The van der Waals surface area contributed by atoms with Gasteiger partial charge in [0, 0.05) is 10.6 Å². The number of benzene rings is 2. The molecule has 2 aromatic rings. The molecule has 0 amide bonds. The second kappa shape index (κ2) is 5.05. The van der Waals surface area contributed by atoms with Crippen molar-refractivity contribution in [3.63, 3.8) is 0 Å². The van der Waals surface area contributed by atoms with Crippen molar-refractivity contribution in [3.8, 4) is 0 Å². The van der Waals surface area contributed by atoms with E-state index in [1.54, 1.807) is 36.4 Å². The van der Waals surface area contributed by atoms with Gasteiger partial charge in [-0.25, -0.2) is 4.39 Å². The van der Waals surface area contributed by atoms with E-state index in [0.29, 0.717) is 10.6 Å². The Hall–Kier alpha value is -1.09. The largest absolute Gasteiger partial charge is 0.320 e. The number of nitrogens with two attached hydrogens (primary N) is 1. The molecule has 1 nitrogen and oxygen atoms in total. The van der Waals surface area contributed by atoms with Crippen molar-refractivity contribution < 1.29 is 4.39 Å². The molecule has 4 heteroatoms. The molecule has 2 N–H and O–H groups in total. The lowest BCUT2D eigenvalue weighted by molar-refractivity contribution is 0.600. The SMILES string of the molecule is NC(c1ccc(Cl)cc1)c1cccc(Cl)c1F. The Kier molecular flexibility index (Phi) is 3.67. The van der Waals surface area contributed by atoms with E-state index in [1.807, 2.05) is 0 Å². The maximum absolute atomic E-state index is 13.8. The van der Waals surface area contributed by atoms with Crippen molar-refractivity contribution >= 4 is 23.2 Å². The van der Waals surface area contributed by atoms with Crippen LogP contribution in [0.5, 0.6) is 0 Å². The lowest BCUT2D eigenvalue weighted by Crippen LogP contribution is -2.13. The Morgan fingerprint density at radius 2 is 1.65 bits per heavy atom. The molecule has 2 aromatic carbocycles.